The Hall–Kier alpha value is -2.30. The summed E-state index contributed by atoms with van der Waals surface area (Å²) in [6.45, 7) is 3.64. The summed E-state index contributed by atoms with van der Waals surface area (Å²) in [4.78, 5) is 8.51. The number of aromatic nitrogens is 2. The van der Waals surface area contributed by atoms with Gasteiger partial charge in [0, 0.05) is 6.92 Å². The second-order valence-electron chi connectivity index (χ2n) is 3.86. The number of nitrogen functional groups attached to an aromatic ring is 1. The van der Waals surface area contributed by atoms with Crippen molar-refractivity contribution in [3.63, 3.8) is 0 Å². The summed E-state index contributed by atoms with van der Waals surface area (Å²) in [6.07, 6.45) is 0. The van der Waals surface area contributed by atoms with Crippen LogP contribution in [0.3, 0.4) is 0 Å². The Bertz CT molecular complexity index is 697. The van der Waals surface area contributed by atoms with Crippen LogP contribution in [0.2, 0.25) is 0 Å². The van der Waals surface area contributed by atoms with E-state index in [0.717, 1.165) is 5.69 Å². The normalized spacial score (nSPS) is 11.2. The molecule has 5 nitrogen and oxygen atoms in total. The van der Waals surface area contributed by atoms with Crippen molar-refractivity contribution < 1.29 is 8.83 Å². The van der Waals surface area contributed by atoms with Crippen molar-refractivity contribution in [2.24, 2.45) is 0 Å². The second kappa shape index (κ2) is 3.35. The molecule has 17 heavy (non-hydrogen) atoms. The van der Waals surface area contributed by atoms with E-state index in [1.807, 2.05) is 19.1 Å². The Morgan fingerprint density at radius 1 is 1.12 bits per heavy atom. The molecule has 0 aliphatic heterocycles. The number of fused-ring (bicyclic) bond motifs is 1. The van der Waals surface area contributed by atoms with Crippen LogP contribution in [-0.2, 0) is 0 Å². The fourth-order valence-corrected chi connectivity index (χ4v) is 1.80. The number of nitrogens with two attached hydrogens (primary N) is 1. The monoisotopic (exact) mass is 229 g/mol. The zero-order valence-corrected chi connectivity index (χ0v) is 9.52. The van der Waals surface area contributed by atoms with E-state index >= 15 is 0 Å². The lowest BCUT2D eigenvalue weighted by atomic mass is 10.3. The molecule has 1 aromatic carbocycles. The minimum atomic E-state index is 0.413. The maximum Gasteiger partial charge on any atom is 0.266 e. The number of hydrogen-bond acceptors (Lipinski definition) is 5. The molecule has 0 radical (unpaired) electrons. The molecule has 0 aliphatic rings. The molecule has 0 atom stereocenters. The highest BCUT2D eigenvalue weighted by molar-refractivity contribution is 5.86. The minimum absolute atomic E-state index is 0.413. The Labute approximate surface area is 97.3 Å². The van der Waals surface area contributed by atoms with E-state index in [1.165, 1.54) is 0 Å². The Morgan fingerprint density at radius 3 is 2.59 bits per heavy atom. The number of hydrogen-bond donors (Lipinski definition) is 1. The fourth-order valence-electron chi connectivity index (χ4n) is 1.80. The lowest BCUT2D eigenvalue weighted by molar-refractivity contribution is 0.504. The van der Waals surface area contributed by atoms with Gasteiger partial charge in [0.1, 0.15) is 5.52 Å². The molecule has 0 amide bonds. The average molecular weight is 229 g/mol. The number of oxazole rings is 2. The first-order valence-electron chi connectivity index (χ1n) is 5.24. The topological polar surface area (TPSA) is 78.1 Å². The number of aryl methyl sites for hydroxylation is 2. The van der Waals surface area contributed by atoms with Crippen molar-refractivity contribution >= 4 is 16.8 Å². The lowest BCUT2D eigenvalue weighted by Crippen LogP contribution is -1.85. The van der Waals surface area contributed by atoms with Crippen molar-refractivity contribution in [3.05, 3.63) is 29.8 Å². The number of nitrogens with zero attached hydrogens (tertiary/aromatic N) is 2. The van der Waals surface area contributed by atoms with Gasteiger partial charge in [0.05, 0.1) is 11.4 Å². The first-order valence-corrected chi connectivity index (χ1v) is 5.24. The first kappa shape index (κ1) is 9.89. The lowest BCUT2D eigenvalue weighted by Gasteiger charge is -1.89. The molecule has 3 aromatic rings. The van der Waals surface area contributed by atoms with Crippen LogP contribution < -0.4 is 5.73 Å². The van der Waals surface area contributed by atoms with Crippen molar-refractivity contribution in [1.82, 2.24) is 9.97 Å². The summed E-state index contributed by atoms with van der Waals surface area (Å²) in [5, 5.41) is 0. The van der Waals surface area contributed by atoms with E-state index in [4.69, 9.17) is 14.6 Å². The van der Waals surface area contributed by atoms with E-state index in [0.29, 0.717) is 34.3 Å². The van der Waals surface area contributed by atoms with Crippen LogP contribution in [0.5, 0.6) is 0 Å². The van der Waals surface area contributed by atoms with Crippen LogP contribution in [-0.4, -0.2) is 9.97 Å². The SMILES string of the molecule is Cc1nc(C)c(-c2nc3c(N)cccc3o2)o1. The molecule has 0 bridgehead atoms. The maximum absolute atomic E-state index is 5.82. The molecule has 0 saturated carbocycles. The minimum Gasteiger partial charge on any atom is -0.436 e. The highest BCUT2D eigenvalue weighted by Crippen LogP contribution is 2.29. The highest BCUT2D eigenvalue weighted by Gasteiger charge is 2.16. The molecule has 2 heterocycles. The molecule has 86 valence electrons. The number of benzene rings is 1. The van der Waals surface area contributed by atoms with Gasteiger partial charge in [-0.2, -0.15) is 0 Å². The van der Waals surface area contributed by atoms with Crippen molar-refractivity contribution in [2.75, 3.05) is 5.73 Å². The maximum atomic E-state index is 5.82. The molecule has 0 saturated heterocycles. The Morgan fingerprint density at radius 2 is 1.94 bits per heavy atom. The van der Waals surface area contributed by atoms with Gasteiger partial charge < -0.3 is 14.6 Å². The molecule has 0 spiro atoms. The van der Waals surface area contributed by atoms with Gasteiger partial charge in [0.25, 0.3) is 5.89 Å². The van der Waals surface area contributed by atoms with Crippen molar-refractivity contribution in [1.29, 1.82) is 0 Å². The van der Waals surface area contributed by atoms with Gasteiger partial charge in [-0.05, 0) is 19.1 Å². The van der Waals surface area contributed by atoms with Gasteiger partial charge in [-0.25, -0.2) is 9.97 Å². The highest BCUT2D eigenvalue weighted by atomic mass is 16.4. The molecule has 3 rings (SSSR count). The van der Waals surface area contributed by atoms with Gasteiger partial charge in [-0.15, -0.1) is 0 Å². The van der Waals surface area contributed by atoms with E-state index in [2.05, 4.69) is 9.97 Å². The summed E-state index contributed by atoms with van der Waals surface area (Å²) in [5.74, 6) is 1.56. The van der Waals surface area contributed by atoms with Crippen LogP contribution in [0.15, 0.2) is 27.0 Å². The number of anilines is 1. The molecule has 0 aliphatic carbocycles. The average Bonchev–Trinajstić information content (AvgIpc) is 2.82. The summed E-state index contributed by atoms with van der Waals surface area (Å²) in [6, 6.07) is 5.43. The summed E-state index contributed by atoms with van der Waals surface area (Å²) >= 11 is 0. The smallest absolute Gasteiger partial charge is 0.266 e. The van der Waals surface area contributed by atoms with E-state index < -0.39 is 0 Å². The van der Waals surface area contributed by atoms with Gasteiger partial charge in [-0.1, -0.05) is 6.07 Å². The number of rotatable bonds is 1. The quantitative estimate of drug-likeness (QED) is 0.649. The van der Waals surface area contributed by atoms with Crippen LogP contribution in [0.25, 0.3) is 22.8 Å². The van der Waals surface area contributed by atoms with Gasteiger partial charge >= 0.3 is 0 Å². The van der Waals surface area contributed by atoms with E-state index in [1.54, 1.807) is 13.0 Å². The molecular formula is C12H11N3O2. The second-order valence-corrected chi connectivity index (χ2v) is 3.86. The zero-order valence-electron chi connectivity index (χ0n) is 9.52. The molecule has 0 fully saturated rings. The molecule has 0 unspecified atom stereocenters. The molecule has 2 aromatic heterocycles. The predicted octanol–water partition coefficient (Wildman–Crippen LogP) is 2.68. The predicted molar refractivity (Wildman–Crippen MR) is 63.4 cm³/mol. The van der Waals surface area contributed by atoms with Crippen LogP contribution in [0, 0.1) is 13.8 Å². The standard InChI is InChI=1S/C12H11N3O2/c1-6-11(16-7(2)14-6)12-15-10-8(13)4-3-5-9(10)17-12/h3-5H,13H2,1-2H3. The van der Waals surface area contributed by atoms with Gasteiger partial charge in [-0.3, -0.25) is 0 Å². The first-order chi connectivity index (χ1) is 8.15. The van der Waals surface area contributed by atoms with Crippen molar-refractivity contribution in [3.8, 4) is 11.7 Å². The Balaban J connectivity index is 2.25. The summed E-state index contributed by atoms with van der Waals surface area (Å²) in [5.41, 5.74) is 8.46. The van der Waals surface area contributed by atoms with Crippen LogP contribution in [0.4, 0.5) is 5.69 Å². The fraction of sp³-hybridized carbons (Fsp3) is 0.167. The Kier molecular flexibility index (Phi) is 1.95. The van der Waals surface area contributed by atoms with Crippen molar-refractivity contribution in [2.45, 2.75) is 13.8 Å². The molecule has 2 N–H and O–H groups in total. The van der Waals surface area contributed by atoms with Crippen LogP contribution >= 0.6 is 0 Å². The van der Waals surface area contributed by atoms with Gasteiger partial charge in [0.15, 0.2) is 11.5 Å². The molecular weight excluding hydrogens is 218 g/mol. The summed E-state index contributed by atoms with van der Waals surface area (Å²) < 4.78 is 11.1. The van der Waals surface area contributed by atoms with Gasteiger partial charge in [0.2, 0.25) is 5.76 Å². The summed E-state index contributed by atoms with van der Waals surface area (Å²) in [7, 11) is 0. The van der Waals surface area contributed by atoms with E-state index in [9.17, 15) is 0 Å². The van der Waals surface area contributed by atoms with Crippen LogP contribution in [0.1, 0.15) is 11.6 Å². The largest absolute Gasteiger partial charge is 0.436 e. The van der Waals surface area contributed by atoms with E-state index in [-0.39, 0.29) is 0 Å². The zero-order chi connectivity index (χ0) is 12.0. The molecule has 5 heteroatoms. The third kappa shape index (κ3) is 1.47. The third-order valence-corrected chi connectivity index (χ3v) is 2.55. The third-order valence-electron chi connectivity index (χ3n) is 2.55. The number of para-hydroxylation sites is 1.